The maximum atomic E-state index is 13.3. The van der Waals surface area contributed by atoms with Crippen molar-refractivity contribution in [2.75, 3.05) is 29.9 Å². The Morgan fingerprint density at radius 1 is 1.05 bits per heavy atom. The van der Waals surface area contributed by atoms with E-state index in [0.29, 0.717) is 23.8 Å². The van der Waals surface area contributed by atoms with Crippen LogP contribution in [0.4, 0.5) is 20.2 Å². The molecule has 0 fully saturated rings. The fourth-order valence-corrected chi connectivity index (χ4v) is 2.74. The summed E-state index contributed by atoms with van der Waals surface area (Å²) in [5.74, 6) is -2.00. The molecule has 1 amide bonds. The number of hydrogen-bond donors (Lipinski definition) is 0. The molecule has 0 saturated carbocycles. The van der Waals surface area contributed by atoms with Gasteiger partial charge in [-0.1, -0.05) is 11.6 Å². The Hall–Kier alpha value is -2.14. The largest absolute Gasteiger partial charge is 0.371 e. The van der Waals surface area contributed by atoms with E-state index in [1.165, 1.54) is 4.90 Å². The second kappa shape index (κ2) is 5.57. The lowest BCUT2D eigenvalue weighted by molar-refractivity contribution is 0.0986. The fourth-order valence-electron chi connectivity index (χ4n) is 2.57. The van der Waals surface area contributed by atoms with Crippen molar-refractivity contribution in [2.24, 2.45) is 0 Å². The van der Waals surface area contributed by atoms with Crippen LogP contribution in [-0.2, 0) is 0 Å². The van der Waals surface area contributed by atoms with Crippen molar-refractivity contribution in [3.05, 3.63) is 58.6 Å². The van der Waals surface area contributed by atoms with Crippen molar-refractivity contribution in [1.82, 2.24) is 0 Å². The van der Waals surface area contributed by atoms with Crippen LogP contribution in [0.3, 0.4) is 0 Å². The molecule has 114 valence electrons. The van der Waals surface area contributed by atoms with Crippen LogP contribution >= 0.6 is 11.6 Å². The molecular weight excluding hydrogens is 310 g/mol. The lowest BCUT2D eigenvalue weighted by Crippen LogP contribution is -2.42. The smallest absolute Gasteiger partial charge is 0.258 e. The quantitative estimate of drug-likeness (QED) is 0.799. The van der Waals surface area contributed by atoms with Crippen LogP contribution in [-0.4, -0.2) is 26.0 Å². The van der Waals surface area contributed by atoms with Gasteiger partial charge in [0, 0.05) is 36.8 Å². The molecule has 0 radical (unpaired) electrons. The van der Waals surface area contributed by atoms with Gasteiger partial charge >= 0.3 is 0 Å². The van der Waals surface area contributed by atoms with Crippen LogP contribution in [0.2, 0.25) is 5.02 Å². The summed E-state index contributed by atoms with van der Waals surface area (Å²) < 4.78 is 26.7. The van der Waals surface area contributed by atoms with E-state index in [9.17, 15) is 13.6 Å². The SMILES string of the molecule is CN1CCN(C(=O)c2cc(F)cc(F)c2)c2cc(Cl)ccc21. The van der Waals surface area contributed by atoms with Gasteiger partial charge in [-0.15, -0.1) is 0 Å². The van der Waals surface area contributed by atoms with Gasteiger partial charge in [-0.05, 0) is 30.3 Å². The van der Waals surface area contributed by atoms with Crippen LogP contribution in [0.1, 0.15) is 10.4 Å². The monoisotopic (exact) mass is 322 g/mol. The second-order valence-corrected chi connectivity index (χ2v) is 5.61. The zero-order chi connectivity index (χ0) is 15.9. The average Bonchev–Trinajstić information content (AvgIpc) is 2.46. The first-order chi connectivity index (χ1) is 10.5. The Morgan fingerprint density at radius 2 is 1.73 bits per heavy atom. The van der Waals surface area contributed by atoms with Gasteiger partial charge in [0.1, 0.15) is 11.6 Å². The van der Waals surface area contributed by atoms with Gasteiger partial charge in [0.15, 0.2) is 0 Å². The second-order valence-electron chi connectivity index (χ2n) is 5.17. The number of rotatable bonds is 1. The zero-order valence-corrected chi connectivity index (χ0v) is 12.6. The van der Waals surface area contributed by atoms with E-state index in [1.807, 2.05) is 18.0 Å². The molecule has 2 aromatic carbocycles. The lowest BCUT2D eigenvalue weighted by atomic mass is 10.1. The van der Waals surface area contributed by atoms with Gasteiger partial charge in [0.25, 0.3) is 5.91 Å². The van der Waals surface area contributed by atoms with Crippen LogP contribution in [0, 0.1) is 11.6 Å². The third kappa shape index (κ3) is 2.64. The highest BCUT2D eigenvalue weighted by molar-refractivity contribution is 6.31. The average molecular weight is 323 g/mol. The Bertz CT molecular complexity index is 731. The van der Waals surface area contributed by atoms with Gasteiger partial charge in [0.05, 0.1) is 11.4 Å². The molecule has 0 aromatic heterocycles. The summed E-state index contributed by atoms with van der Waals surface area (Å²) >= 11 is 6.01. The summed E-state index contributed by atoms with van der Waals surface area (Å²) in [7, 11) is 1.91. The van der Waals surface area contributed by atoms with Crippen LogP contribution in [0.5, 0.6) is 0 Å². The minimum atomic E-state index is -0.774. The molecular formula is C16H13ClF2N2O. The Morgan fingerprint density at radius 3 is 2.41 bits per heavy atom. The number of fused-ring (bicyclic) bond motifs is 1. The number of hydrogen-bond acceptors (Lipinski definition) is 2. The minimum absolute atomic E-state index is 0.0204. The molecule has 0 saturated heterocycles. The third-order valence-corrected chi connectivity index (χ3v) is 3.89. The summed E-state index contributed by atoms with van der Waals surface area (Å²) in [5, 5.41) is 0.497. The van der Waals surface area contributed by atoms with Crippen molar-refractivity contribution >= 4 is 28.9 Å². The molecule has 2 aromatic rings. The Kier molecular flexibility index (Phi) is 3.74. The molecule has 1 aliphatic heterocycles. The van der Waals surface area contributed by atoms with Gasteiger partial charge in [-0.2, -0.15) is 0 Å². The van der Waals surface area contributed by atoms with Gasteiger partial charge < -0.3 is 9.80 Å². The van der Waals surface area contributed by atoms with E-state index in [0.717, 1.165) is 23.9 Å². The van der Waals surface area contributed by atoms with E-state index in [2.05, 4.69) is 0 Å². The van der Waals surface area contributed by atoms with Crippen molar-refractivity contribution < 1.29 is 13.6 Å². The summed E-state index contributed by atoms with van der Waals surface area (Å²) in [6, 6.07) is 8.06. The highest BCUT2D eigenvalue weighted by atomic mass is 35.5. The molecule has 0 bridgehead atoms. The number of carbonyl (C=O) groups is 1. The van der Waals surface area contributed by atoms with E-state index in [1.54, 1.807) is 12.1 Å². The highest BCUT2D eigenvalue weighted by Crippen LogP contribution is 2.35. The van der Waals surface area contributed by atoms with Gasteiger partial charge in [0.2, 0.25) is 0 Å². The van der Waals surface area contributed by atoms with Crippen molar-refractivity contribution in [3.8, 4) is 0 Å². The third-order valence-electron chi connectivity index (χ3n) is 3.65. The molecule has 0 spiro atoms. The fraction of sp³-hybridized carbons (Fsp3) is 0.188. The number of carbonyl (C=O) groups excluding carboxylic acids is 1. The molecule has 0 atom stereocenters. The maximum absolute atomic E-state index is 13.3. The van der Waals surface area contributed by atoms with Crippen LogP contribution in [0.25, 0.3) is 0 Å². The molecule has 1 heterocycles. The first-order valence-corrected chi connectivity index (χ1v) is 7.12. The topological polar surface area (TPSA) is 23.6 Å². The molecule has 0 aliphatic carbocycles. The van der Waals surface area contributed by atoms with E-state index >= 15 is 0 Å². The first kappa shape index (κ1) is 14.8. The predicted octanol–water partition coefficient (Wildman–Crippen LogP) is 3.71. The zero-order valence-electron chi connectivity index (χ0n) is 11.8. The van der Waals surface area contributed by atoms with Crippen LogP contribution < -0.4 is 9.80 Å². The summed E-state index contributed by atoms with van der Waals surface area (Å²) in [6.07, 6.45) is 0. The number of amides is 1. The Labute approximate surface area is 131 Å². The van der Waals surface area contributed by atoms with Crippen molar-refractivity contribution in [3.63, 3.8) is 0 Å². The molecule has 0 N–H and O–H groups in total. The number of benzene rings is 2. The minimum Gasteiger partial charge on any atom is -0.371 e. The van der Waals surface area contributed by atoms with E-state index in [4.69, 9.17) is 11.6 Å². The lowest BCUT2D eigenvalue weighted by Gasteiger charge is -2.35. The van der Waals surface area contributed by atoms with Gasteiger partial charge in [-0.25, -0.2) is 8.78 Å². The van der Waals surface area contributed by atoms with E-state index in [-0.39, 0.29) is 5.56 Å². The standard InChI is InChI=1S/C16H13ClF2N2O/c1-20-4-5-21(15-8-11(17)2-3-14(15)20)16(22)10-6-12(18)9-13(19)7-10/h2-3,6-9H,4-5H2,1H3. The van der Waals surface area contributed by atoms with Gasteiger partial charge in [-0.3, -0.25) is 4.79 Å². The molecule has 6 heteroatoms. The number of anilines is 2. The maximum Gasteiger partial charge on any atom is 0.258 e. The first-order valence-electron chi connectivity index (χ1n) is 6.74. The predicted molar refractivity (Wildman–Crippen MR) is 82.8 cm³/mol. The van der Waals surface area contributed by atoms with Crippen molar-refractivity contribution in [2.45, 2.75) is 0 Å². The summed E-state index contributed by atoms with van der Waals surface area (Å²) in [6.45, 7) is 1.04. The highest BCUT2D eigenvalue weighted by Gasteiger charge is 2.26. The summed E-state index contributed by atoms with van der Waals surface area (Å²) in [5.41, 5.74) is 1.46. The Balaban J connectivity index is 2.04. The molecule has 3 rings (SSSR count). The number of halogens is 3. The summed E-state index contributed by atoms with van der Waals surface area (Å²) in [4.78, 5) is 16.1. The normalized spacial score (nSPS) is 14.0. The number of nitrogens with zero attached hydrogens (tertiary/aromatic N) is 2. The van der Waals surface area contributed by atoms with Crippen molar-refractivity contribution in [1.29, 1.82) is 0 Å². The molecule has 3 nitrogen and oxygen atoms in total. The molecule has 1 aliphatic rings. The molecule has 0 unspecified atom stereocenters. The molecule has 22 heavy (non-hydrogen) atoms. The van der Waals surface area contributed by atoms with Crippen LogP contribution in [0.15, 0.2) is 36.4 Å². The number of likely N-dealkylation sites (N-methyl/N-ethyl adjacent to an activating group) is 1. The van der Waals surface area contributed by atoms with E-state index < -0.39 is 17.5 Å².